The van der Waals surface area contributed by atoms with E-state index in [1.807, 2.05) is 64.1 Å². The molecule has 5 atom stereocenters. The van der Waals surface area contributed by atoms with Crippen LogP contribution in [0.2, 0.25) is 0 Å². The summed E-state index contributed by atoms with van der Waals surface area (Å²) in [5.41, 5.74) is 0.231. The van der Waals surface area contributed by atoms with E-state index in [1.165, 1.54) is 0 Å². The van der Waals surface area contributed by atoms with Crippen LogP contribution in [0.1, 0.15) is 58.6 Å². The molecule has 0 saturated heterocycles. The second kappa shape index (κ2) is 15.1. The molecule has 0 radical (unpaired) electrons. The van der Waals surface area contributed by atoms with Gasteiger partial charge >= 0.3 is 5.97 Å². The van der Waals surface area contributed by atoms with E-state index in [0.717, 1.165) is 19.3 Å². The second-order valence-electron chi connectivity index (χ2n) is 9.92. The molecule has 0 aliphatic heterocycles. The van der Waals surface area contributed by atoms with E-state index in [-0.39, 0.29) is 40.4 Å². The van der Waals surface area contributed by atoms with Gasteiger partial charge in [-0.15, -0.1) is 0 Å². The summed E-state index contributed by atoms with van der Waals surface area (Å²) in [6.45, 7) is 8.00. The highest BCUT2D eigenvalue weighted by atomic mass is 35.5. The quantitative estimate of drug-likeness (QED) is 0.278. The molecule has 1 aliphatic carbocycles. The molecule has 3 rings (SSSR count). The normalized spacial score (nSPS) is 19.4. The van der Waals surface area contributed by atoms with Crippen molar-refractivity contribution < 1.29 is 24.5 Å². The van der Waals surface area contributed by atoms with Crippen molar-refractivity contribution in [1.29, 1.82) is 5.26 Å². The van der Waals surface area contributed by atoms with Gasteiger partial charge in [-0.05, 0) is 54.5 Å². The number of carbonyl (C=O) groups excluding carboxylic acids is 1. The van der Waals surface area contributed by atoms with Crippen LogP contribution in [-0.4, -0.2) is 28.9 Å². The van der Waals surface area contributed by atoms with Crippen LogP contribution in [0.15, 0.2) is 65.2 Å². The molecule has 0 spiro atoms. The Morgan fingerprint density at radius 3 is 2.34 bits per heavy atom. The Morgan fingerprint density at radius 1 is 1.13 bits per heavy atom. The van der Waals surface area contributed by atoms with E-state index in [9.17, 15) is 15.2 Å². The molecule has 2 aromatic rings. The van der Waals surface area contributed by atoms with Crippen LogP contribution >= 0.6 is 23.2 Å². The summed E-state index contributed by atoms with van der Waals surface area (Å²) < 4.78 is 11.4. The van der Waals surface area contributed by atoms with Crippen LogP contribution in [0.5, 0.6) is 11.5 Å². The number of hydrogen-bond donors (Lipinski definition) is 2. The Bertz CT molecular complexity index is 1090. The number of carbonyl (C=O) groups is 1. The van der Waals surface area contributed by atoms with E-state index in [4.69, 9.17) is 37.8 Å². The summed E-state index contributed by atoms with van der Waals surface area (Å²) >= 11 is 11.5. The molecular formula is C30H37Cl2NO5. The molecular weight excluding hydrogens is 525 g/mol. The average Bonchev–Trinajstić information content (AvgIpc) is 3.43. The van der Waals surface area contributed by atoms with Crippen LogP contribution in [0, 0.1) is 34.5 Å². The summed E-state index contributed by atoms with van der Waals surface area (Å²) in [6.07, 6.45) is 2.96. The van der Waals surface area contributed by atoms with Crippen molar-refractivity contribution in [3.8, 4) is 17.6 Å². The van der Waals surface area contributed by atoms with E-state index < -0.39 is 12.1 Å². The molecule has 5 unspecified atom stereocenters. The summed E-state index contributed by atoms with van der Waals surface area (Å²) in [5.74, 6) is 0.373. The second-order valence-corrected chi connectivity index (χ2v) is 10.9. The predicted molar refractivity (Wildman–Crippen MR) is 150 cm³/mol. The summed E-state index contributed by atoms with van der Waals surface area (Å²) in [7, 11) is 0. The number of nitrogens with zero attached hydrogens (tertiary/aromatic N) is 1. The number of para-hydroxylation sites is 1. The van der Waals surface area contributed by atoms with Crippen LogP contribution in [0.3, 0.4) is 0 Å². The molecule has 1 fully saturated rings. The maximum Gasteiger partial charge on any atom is 0.311 e. The molecule has 1 aliphatic rings. The Labute approximate surface area is 235 Å². The van der Waals surface area contributed by atoms with Gasteiger partial charge in [0.25, 0.3) is 0 Å². The molecule has 206 valence electrons. The zero-order valence-electron chi connectivity index (χ0n) is 22.3. The van der Waals surface area contributed by atoms with Crippen molar-refractivity contribution >= 4 is 29.2 Å². The standard InChI is InChI=1S/C22H19Cl2NO3.C8H18O2/c1-22(2)17(12-19(23)24)20(22)21(26)28-18(13-25)14-7-6-10-16(11-14)27-15-8-4-3-5-9-15;1-3-5-8(10)7(4-2)6-9/h3-12,17-18,20H,1-2H3;7-10H,3-6H2,1-2H3. The number of aliphatic hydroxyl groups excluding tert-OH is 2. The van der Waals surface area contributed by atoms with Gasteiger partial charge in [0, 0.05) is 18.1 Å². The first kappa shape index (κ1) is 31.7. The van der Waals surface area contributed by atoms with Crippen molar-refractivity contribution in [3.63, 3.8) is 0 Å². The molecule has 2 N–H and O–H groups in total. The number of esters is 1. The lowest BCUT2D eigenvalue weighted by molar-refractivity contribution is -0.149. The van der Waals surface area contributed by atoms with E-state index in [1.54, 1.807) is 30.3 Å². The molecule has 2 aromatic carbocycles. The Balaban J connectivity index is 0.000000432. The monoisotopic (exact) mass is 561 g/mol. The average molecular weight is 563 g/mol. The van der Waals surface area contributed by atoms with Crippen molar-refractivity contribution in [2.24, 2.45) is 23.2 Å². The highest BCUT2D eigenvalue weighted by molar-refractivity contribution is 6.55. The van der Waals surface area contributed by atoms with E-state index in [0.29, 0.717) is 17.1 Å². The number of nitriles is 1. The van der Waals surface area contributed by atoms with Gasteiger partial charge in [0.1, 0.15) is 22.1 Å². The molecule has 1 saturated carbocycles. The van der Waals surface area contributed by atoms with Crippen LogP contribution in [0.4, 0.5) is 0 Å². The van der Waals surface area contributed by atoms with Gasteiger partial charge in [-0.2, -0.15) is 5.26 Å². The SMILES string of the molecule is CC1(C)C(C=C(Cl)Cl)C1C(=O)OC(C#N)c1cccc(Oc2ccccc2)c1.CCCC(O)C(CC)CO. The van der Waals surface area contributed by atoms with Gasteiger partial charge in [0.05, 0.1) is 12.0 Å². The molecule has 0 amide bonds. The first-order valence-corrected chi connectivity index (χ1v) is 13.6. The number of rotatable bonds is 11. The van der Waals surface area contributed by atoms with Crippen molar-refractivity contribution in [2.75, 3.05) is 6.61 Å². The Hall–Kier alpha value is -2.56. The highest BCUT2D eigenvalue weighted by Gasteiger charge is 2.62. The van der Waals surface area contributed by atoms with E-state index >= 15 is 0 Å². The minimum Gasteiger partial charge on any atom is -0.457 e. The first-order chi connectivity index (χ1) is 18.1. The minimum absolute atomic E-state index is 0.0833. The third-order valence-electron chi connectivity index (χ3n) is 6.85. The van der Waals surface area contributed by atoms with Gasteiger partial charge in [-0.25, -0.2) is 0 Å². The fourth-order valence-corrected chi connectivity index (χ4v) is 4.62. The van der Waals surface area contributed by atoms with Crippen molar-refractivity contribution in [3.05, 3.63) is 70.7 Å². The van der Waals surface area contributed by atoms with Gasteiger partial charge in [-0.1, -0.05) is 87.6 Å². The Morgan fingerprint density at radius 2 is 1.79 bits per heavy atom. The fourth-order valence-electron chi connectivity index (χ4n) is 4.35. The maximum absolute atomic E-state index is 12.6. The molecule has 6 nitrogen and oxygen atoms in total. The first-order valence-electron chi connectivity index (χ1n) is 12.8. The number of ether oxygens (including phenoxy) is 2. The number of benzene rings is 2. The smallest absolute Gasteiger partial charge is 0.311 e. The molecule has 0 bridgehead atoms. The number of allylic oxidation sites excluding steroid dienone is 1. The summed E-state index contributed by atoms with van der Waals surface area (Å²) in [5, 5.41) is 27.6. The van der Waals surface area contributed by atoms with Gasteiger partial charge in [-0.3, -0.25) is 4.79 Å². The van der Waals surface area contributed by atoms with Gasteiger partial charge in [0.15, 0.2) is 0 Å². The third-order valence-corrected chi connectivity index (χ3v) is 7.10. The fraction of sp³-hybridized carbons (Fsp3) is 0.467. The van der Waals surface area contributed by atoms with Crippen molar-refractivity contribution in [2.45, 2.75) is 59.2 Å². The van der Waals surface area contributed by atoms with Crippen molar-refractivity contribution in [1.82, 2.24) is 0 Å². The third kappa shape index (κ3) is 9.03. The zero-order valence-corrected chi connectivity index (χ0v) is 23.8. The zero-order chi connectivity index (χ0) is 28.3. The predicted octanol–water partition coefficient (Wildman–Crippen LogP) is 7.34. The highest BCUT2D eigenvalue weighted by Crippen LogP contribution is 2.60. The maximum atomic E-state index is 12.6. The number of halogens is 2. The number of hydrogen-bond acceptors (Lipinski definition) is 6. The summed E-state index contributed by atoms with van der Waals surface area (Å²) in [6, 6.07) is 18.3. The van der Waals surface area contributed by atoms with Gasteiger partial charge < -0.3 is 19.7 Å². The largest absolute Gasteiger partial charge is 0.457 e. The lowest BCUT2D eigenvalue weighted by Crippen LogP contribution is -2.22. The van der Waals surface area contributed by atoms with Crippen LogP contribution in [0.25, 0.3) is 0 Å². The molecule has 8 heteroatoms. The number of aliphatic hydroxyl groups is 2. The van der Waals surface area contributed by atoms with E-state index in [2.05, 4.69) is 0 Å². The Kier molecular flexibility index (Phi) is 12.6. The van der Waals surface area contributed by atoms with Crippen LogP contribution < -0.4 is 4.74 Å². The minimum atomic E-state index is -1.03. The summed E-state index contributed by atoms with van der Waals surface area (Å²) in [4.78, 5) is 12.6. The molecule has 0 aromatic heterocycles. The van der Waals surface area contributed by atoms with Gasteiger partial charge in [0.2, 0.25) is 6.10 Å². The lowest BCUT2D eigenvalue weighted by atomic mass is 9.97. The topological polar surface area (TPSA) is 99.8 Å². The molecule has 0 heterocycles. The van der Waals surface area contributed by atoms with Crippen LogP contribution in [-0.2, 0) is 9.53 Å². The molecule has 38 heavy (non-hydrogen) atoms. The lowest BCUT2D eigenvalue weighted by Gasteiger charge is -2.17.